The standard InChI is InChI=1S/C27H28BrN3O5S/c1-4-35-26(33)23-16(2)29-27-31(24(23)17-8-10-20(34-3)19(28)14-17)25(32)21(37-27)15-18-9-11-22(36-18)30-12-6-5-7-13-30/h8-11,14-15,24H,4-7,12-13H2,1-3H3/b21-15+/t24-/m0/s1. The van der Waals surface area contributed by atoms with Gasteiger partial charge in [0.2, 0.25) is 0 Å². The maximum Gasteiger partial charge on any atom is 0.338 e. The van der Waals surface area contributed by atoms with Crippen molar-refractivity contribution in [2.45, 2.75) is 39.2 Å². The highest BCUT2D eigenvalue weighted by molar-refractivity contribution is 9.10. The summed E-state index contributed by atoms with van der Waals surface area (Å²) in [6, 6.07) is 8.65. The molecule has 10 heteroatoms. The molecular weight excluding hydrogens is 558 g/mol. The molecule has 1 fully saturated rings. The topological polar surface area (TPSA) is 86.3 Å². The summed E-state index contributed by atoms with van der Waals surface area (Å²) in [5.41, 5.74) is 1.35. The predicted molar refractivity (Wildman–Crippen MR) is 146 cm³/mol. The van der Waals surface area contributed by atoms with Gasteiger partial charge in [-0.2, -0.15) is 0 Å². The van der Waals surface area contributed by atoms with E-state index >= 15 is 0 Å². The Morgan fingerprint density at radius 3 is 2.73 bits per heavy atom. The zero-order valence-corrected chi connectivity index (χ0v) is 23.4. The molecule has 194 valence electrons. The number of piperidine rings is 1. The van der Waals surface area contributed by atoms with Crippen molar-refractivity contribution < 1.29 is 18.7 Å². The van der Waals surface area contributed by atoms with E-state index in [4.69, 9.17) is 13.9 Å². The lowest BCUT2D eigenvalue weighted by atomic mass is 9.96. The van der Waals surface area contributed by atoms with Gasteiger partial charge in [0.05, 0.1) is 40.0 Å². The highest BCUT2D eigenvalue weighted by Crippen LogP contribution is 2.35. The maximum atomic E-state index is 13.8. The molecule has 3 aromatic rings. The van der Waals surface area contributed by atoms with E-state index < -0.39 is 12.0 Å². The van der Waals surface area contributed by atoms with Crippen LogP contribution in [0.4, 0.5) is 5.88 Å². The van der Waals surface area contributed by atoms with Crippen LogP contribution in [0.15, 0.2) is 60.3 Å². The number of ether oxygens (including phenoxy) is 2. The number of halogens is 1. The van der Waals surface area contributed by atoms with Crippen LogP contribution >= 0.6 is 27.3 Å². The van der Waals surface area contributed by atoms with Gasteiger partial charge < -0.3 is 18.8 Å². The number of nitrogens with zero attached hydrogens (tertiary/aromatic N) is 3. The fraction of sp³-hybridized carbons (Fsp3) is 0.370. The minimum absolute atomic E-state index is 0.219. The first-order valence-corrected chi connectivity index (χ1v) is 13.9. The summed E-state index contributed by atoms with van der Waals surface area (Å²) in [5, 5.41) is 0. The van der Waals surface area contributed by atoms with Gasteiger partial charge in [0.25, 0.3) is 5.56 Å². The zero-order chi connectivity index (χ0) is 26.1. The smallest absolute Gasteiger partial charge is 0.338 e. The van der Waals surface area contributed by atoms with Crippen LogP contribution in [0.25, 0.3) is 6.08 Å². The number of aromatic nitrogens is 1. The van der Waals surface area contributed by atoms with E-state index in [0.717, 1.165) is 37.4 Å². The number of allylic oxidation sites excluding steroid dienone is 1. The van der Waals surface area contributed by atoms with Crippen molar-refractivity contribution >= 4 is 45.2 Å². The van der Waals surface area contributed by atoms with Crippen LogP contribution in [0.2, 0.25) is 0 Å². The molecule has 0 aliphatic carbocycles. The molecule has 1 aromatic carbocycles. The highest BCUT2D eigenvalue weighted by Gasteiger charge is 2.33. The lowest BCUT2D eigenvalue weighted by Crippen LogP contribution is -2.39. The molecule has 1 atom stereocenters. The van der Waals surface area contributed by atoms with Crippen molar-refractivity contribution in [3.8, 4) is 5.75 Å². The molecular formula is C27H28BrN3O5S. The van der Waals surface area contributed by atoms with E-state index in [-0.39, 0.29) is 12.2 Å². The zero-order valence-electron chi connectivity index (χ0n) is 21.0. The Bertz CT molecular complexity index is 1540. The second kappa shape index (κ2) is 10.7. The van der Waals surface area contributed by atoms with Crippen LogP contribution in [-0.2, 0) is 9.53 Å². The fourth-order valence-electron chi connectivity index (χ4n) is 4.79. The third kappa shape index (κ3) is 4.92. The third-order valence-corrected chi connectivity index (χ3v) is 8.16. The number of carbonyl (C=O) groups is 1. The van der Waals surface area contributed by atoms with E-state index in [1.54, 1.807) is 37.7 Å². The Labute approximate surface area is 226 Å². The summed E-state index contributed by atoms with van der Waals surface area (Å²) >= 11 is 4.81. The molecule has 37 heavy (non-hydrogen) atoms. The average molecular weight is 587 g/mol. The number of rotatable bonds is 6. The number of anilines is 1. The van der Waals surface area contributed by atoms with E-state index in [1.165, 1.54) is 17.8 Å². The van der Waals surface area contributed by atoms with E-state index in [0.29, 0.717) is 36.6 Å². The van der Waals surface area contributed by atoms with E-state index in [2.05, 4.69) is 25.8 Å². The maximum absolute atomic E-state index is 13.8. The summed E-state index contributed by atoms with van der Waals surface area (Å²) in [6.45, 7) is 5.69. The quantitative estimate of drug-likeness (QED) is 0.404. The number of esters is 1. The molecule has 0 spiro atoms. The lowest BCUT2D eigenvalue weighted by Gasteiger charge is -2.25. The monoisotopic (exact) mass is 585 g/mol. The van der Waals surface area contributed by atoms with Crippen LogP contribution in [0.1, 0.15) is 50.5 Å². The number of hydrogen-bond acceptors (Lipinski definition) is 8. The van der Waals surface area contributed by atoms with Gasteiger partial charge >= 0.3 is 5.97 Å². The molecule has 5 rings (SSSR count). The Kier molecular flexibility index (Phi) is 7.39. The first kappa shape index (κ1) is 25.5. The molecule has 0 unspecified atom stereocenters. The van der Waals surface area contributed by atoms with Gasteiger partial charge in [0, 0.05) is 25.2 Å². The molecule has 0 saturated carbocycles. The molecule has 2 aliphatic rings. The van der Waals surface area contributed by atoms with Crippen LogP contribution < -0.4 is 24.5 Å². The Balaban J connectivity index is 1.62. The molecule has 0 bridgehead atoms. The Morgan fingerprint density at radius 1 is 1.24 bits per heavy atom. The van der Waals surface area contributed by atoms with Crippen LogP contribution in [-0.4, -0.2) is 37.3 Å². The average Bonchev–Trinajstić information content (AvgIpc) is 3.48. The largest absolute Gasteiger partial charge is 0.496 e. The molecule has 4 heterocycles. The minimum atomic E-state index is -0.694. The number of benzene rings is 1. The predicted octanol–water partition coefficient (Wildman–Crippen LogP) is 4.15. The second-order valence-electron chi connectivity index (χ2n) is 8.92. The normalized spacial score (nSPS) is 18.0. The first-order valence-electron chi connectivity index (χ1n) is 12.3. The minimum Gasteiger partial charge on any atom is -0.496 e. The van der Waals surface area contributed by atoms with Gasteiger partial charge in [-0.15, -0.1) is 0 Å². The number of hydrogen-bond donors (Lipinski definition) is 0. The summed E-state index contributed by atoms with van der Waals surface area (Å²) in [4.78, 5) is 34.2. The number of carbonyl (C=O) groups excluding carboxylic acids is 1. The van der Waals surface area contributed by atoms with Crippen LogP contribution in [0.5, 0.6) is 5.75 Å². The summed E-state index contributed by atoms with van der Waals surface area (Å²) in [5.74, 6) is 1.58. The van der Waals surface area contributed by atoms with Gasteiger partial charge in [0.1, 0.15) is 11.5 Å². The van der Waals surface area contributed by atoms with Gasteiger partial charge in [0.15, 0.2) is 10.7 Å². The second-order valence-corrected chi connectivity index (χ2v) is 10.8. The first-order chi connectivity index (χ1) is 17.9. The van der Waals surface area contributed by atoms with Crippen LogP contribution in [0, 0.1) is 0 Å². The third-order valence-electron chi connectivity index (χ3n) is 6.56. The molecule has 2 aliphatic heterocycles. The van der Waals surface area contributed by atoms with Crippen molar-refractivity contribution in [3.05, 3.63) is 77.1 Å². The summed E-state index contributed by atoms with van der Waals surface area (Å²) < 4.78 is 19.6. The van der Waals surface area contributed by atoms with Crippen LogP contribution in [0.3, 0.4) is 0 Å². The molecule has 8 nitrogen and oxygen atoms in total. The summed E-state index contributed by atoms with van der Waals surface area (Å²) in [6.07, 6.45) is 5.29. The van der Waals surface area contributed by atoms with Gasteiger partial charge in [-0.05, 0) is 72.8 Å². The van der Waals surface area contributed by atoms with Gasteiger partial charge in [-0.25, -0.2) is 9.79 Å². The fourth-order valence-corrected chi connectivity index (χ4v) is 6.38. The Morgan fingerprint density at radius 2 is 2.03 bits per heavy atom. The Hall–Kier alpha value is -3.11. The van der Waals surface area contributed by atoms with E-state index in [9.17, 15) is 9.59 Å². The SMILES string of the molecule is CCOC(=O)C1=C(C)N=c2s/c(=C/c3ccc(N4CCCCC4)o3)c(=O)n2[C@H]1c1ccc(OC)c(Br)c1. The van der Waals surface area contributed by atoms with Crippen molar-refractivity contribution in [2.75, 3.05) is 31.7 Å². The van der Waals surface area contributed by atoms with E-state index in [1.807, 2.05) is 24.3 Å². The lowest BCUT2D eigenvalue weighted by molar-refractivity contribution is -0.139. The van der Waals surface area contributed by atoms with Crippen molar-refractivity contribution in [1.82, 2.24) is 4.57 Å². The van der Waals surface area contributed by atoms with Gasteiger partial charge in [-0.1, -0.05) is 17.4 Å². The molecule has 0 N–H and O–H groups in total. The van der Waals surface area contributed by atoms with Crippen molar-refractivity contribution in [2.24, 2.45) is 4.99 Å². The van der Waals surface area contributed by atoms with Crippen molar-refractivity contribution in [1.29, 1.82) is 0 Å². The number of thiazole rings is 1. The molecule has 1 saturated heterocycles. The van der Waals surface area contributed by atoms with Crippen molar-refractivity contribution in [3.63, 3.8) is 0 Å². The molecule has 0 amide bonds. The highest BCUT2D eigenvalue weighted by atomic mass is 79.9. The number of fused-ring (bicyclic) bond motifs is 1. The van der Waals surface area contributed by atoms with Gasteiger partial charge in [-0.3, -0.25) is 9.36 Å². The molecule has 2 aromatic heterocycles. The molecule has 0 radical (unpaired) electrons. The number of methoxy groups -OCH3 is 1. The summed E-state index contributed by atoms with van der Waals surface area (Å²) in [7, 11) is 1.59. The number of furan rings is 1.